The van der Waals surface area contributed by atoms with Crippen LogP contribution >= 0.6 is 0 Å². The highest BCUT2D eigenvalue weighted by Crippen LogP contribution is 2.35. The first-order chi connectivity index (χ1) is 19.5. The second-order valence-corrected chi connectivity index (χ2v) is 9.92. The molecule has 40 heavy (non-hydrogen) atoms. The molecule has 0 radical (unpaired) electrons. The van der Waals surface area contributed by atoms with Crippen molar-refractivity contribution < 1.29 is 14.3 Å². The molecule has 0 atom stereocenters. The zero-order valence-corrected chi connectivity index (χ0v) is 22.0. The molecule has 5 aromatic rings. The van der Waals surface area contributed by atoms with Crippen LogP contribution in [0.1, 0.15) is 31.8 Å². The number of ether oxygens (including phenoxy) is 1. The summed E-state index contributed by atoms with van der Waals surface area (Å²) in [6.45, 7) is 2.39. The first kappa shape index (κ1) is 25.2. The molecule has 5 aromatic carbocycles. The Balaban J connectivity index is 1.17. The number of nitrogens with one attached hydrogen (secondary N) is 1. The Labute approximate surface area is 233 Å². The van der Waals surface area contributed by atoms with E-state index < -0.39 is 5.91 Å². The number of nitrogens with two attached hydrogens (primary N) is 1. The molecule has 0 fully saturated rings. The summed E-state index contributed by atoms with van der Waals surface area (Å²) in [4.78, 5) is 26.8. The van der Waals surface area contributed by atoms with E-state index in [9.17, 15) is 9.59 Å². The predicted molar refractivity (Wildman–Crippen MR) is 159 cm³/mol. The number of nitrogens with zero attached hydrogens (tertiary/aromatic N) is 1. The second-order valence-electron chi connectivity index (χ2n) is 9.92. The van der Waals surface area contributed by atoms with Crippen molar-refractivity contribution in [1.29, 1.82) is 0 Å². The number of benzene rings is 5. The topological polar surface area (TPSA) is 84.7 Å². The molecule has 2 amide bonds. The van der Waals surface area contributed by atoms with Gasteiger partial charge in [-0.2, -0.15) is 0 Å². The number of carbonyl (C=O) groups is 2. The van der Waals surface area contributed by atoms with E-state index in [1.807, 2.05) is 60.7 Å². The van der Waals surface area contributed by atoms with Crippen LogP contribution in [0.15, 0.2) is 109 Å². The van der Waals surface area contributed by atoms with E-state index in [4.69, 9.17) is 10.5 Å². The van der Waals surface area contributed by atoms with Crippen molar-refractivity contribution in [2.45, 2.75) is 13.1 Å². The highest BCUT2D eigenvalue weighted by Gasteiger charge is 2.21. The quantitative estimate of drug-likeness (QED) is 0.275. The van der Waals surface area contributed by atoms with Crippen LogP contribution in [0.5, 0.6) is 5.75 Å². The lowest BCUT2D eigenvalue weighted by Gasteiger charge is -2.32. The van der Waals surface area contributed by atoms with Crippen LogP contribution in [-0.2, 0) is 13.1 Å². The summed E-state index contributed by atoms with van der Waals surface area (Å²) in [6.07, 6.45) is 0. The molecule has 0 saturated carbocycles. The Morgan fingerprint density at radius 2 is 1.55 bits per heavy atom. The van der Waals surface area contributed by atoms with Gasteiger partial charge in [0.15, 0.2) is 0 Å². The van der Waals surface area contributed by atoms with E-state index in [2.05, 4.69) is 46.6 Å². The van der Waals surface area contributed by atoms with Gasteiger partial charge in [0.1, 0.15) is 12.4 Å². The van der Waals surface area contributed by atoms with Gasteiger partial charge in [-0.1, -0.05) is 72.8 Å². The highest BCUT2D eigenvalue weighted by atomic mass is 16.5. The van der Waals surface area contributed by atoms with E-state index in [0.29, 0.717) is 36.6 Å². The van der Waals surface area contributed by atoms with Crippen molar-refractivity contribution in [3.05, 3.63) is 131 Å². The molecule has 0 unspecified atom stereocenters. The molecule has 0 spiro atoms. The highest BCUT2D eigenvalue weighted by molar-refractivity contribution is 5.95. The van der Waals surface area contributed by atoms with E-state index in [-0.39, 0.29) is 5.91 Å². The van der Waals surface area contributed by atoms with Crippen LogP contribution in [0.4, 0.5) is 5.69 Å². The van der Waals surface area contributed by atoms with Crippen LogP contribution in [0, 0.1) is 0 Å². The van der Waals surface area contributed by atoms with Gasteiger partial charge in [-0.3, -0.25) is 9.59 Å². The minimum absolute atomic E-state index is 0.138. The molecule has 198 valence electrons. The minimum atomic E-state index is -0.438. The Kier molecular flexibility index (Phi) is 6.89. The lowest BCUT2D eigenvalue weighted by molar-refractivity contribution is 0.0949. The number of rotatable bonds is 7. The van der Waals surface area contributed by atoms with Gasteiger partial charge >= 0.3 is 0 Å². The predicted octanol–water partition coefficient (Wildman–Crippen LogP) is 5.93. The first-order valence-electron chi connectivity index (χ1n) is 13.3. The molecule has 0 saturated heterocycles. The molecular formula is C34H29N3O3. The lowest BCUT2D eigenvalue weighted by Crippen LogP contribution is -2.32. The van der Waals surface area contributed by atoms with Crippen molar-refractivity contribution in [3.8, 4) is 16.9 Å². The summed E-state index contributed by atoms with van der Waals surface area (Å²) in [5.74, 6) is 0.126. The molecule has 0 aromatic heterocycles. The van der Waals surface area contributed by atoms with Gasteiger partial charge in [-0.15, -0.1) is 0 Å². The SMILES string of the molecule is NC(=O)c1ccc(-c2ccccc2CN2CCOc3cc(C(=O)NCc4ccc5ccccc5c4)ccc32)cc1. The number of anilines is 1. The van der Waals surface area contributed by atoms with Crippen LogP contribution in [-0.4, -0.2) is 25.0 Å². The minimum Gasteiger partial charge on any atom is -0.490 e. The summed E-state index contributed by atoms with van der Waals surface area (Å²) in [5.41, 5.74) is 11.7. The Hall–Kier alpha value is -5.10. The molecule has 3 N–H and O–H groups in total. The van der Waals surface area contributed by atoms with Gasteiger partial charge in [0.25, 0.3) is 5.91 Å². The molecule has 1 aliphatic rings. The van der Waals surface area contributed by atoms with Gasteiger partial charge in [-0.25, -0.2) is 0 Å². The number of carbonyl (C=O) groups excluding carboxylic acids is 2. The number of fused-ring (bicyclic) bond motifs is 2. The largest absolute Gasteiger partial charge is 0.490 e. The summed E-state index contributed by atoms with van der Waals surface area (Å²) >= 11 is 0. The van der Waals surface area contributed by atoms with Crippen molar-refractivity contribution in [2.24, 2.45) is 5.73 Å². The molecule has 6 nitrogen and oxygen atoms in total. The third-order valence-electron chi connectivity index (χ3n) is 7.31. The summed E-state index contributed by atoms with van der Waals surface area (Å²) in [7, 11) is 0. The van der Waals surface area contributed by atoms with E-state index in [1.165, 1.54) is 5.39 Å². The normalized spacial score (nSPS) is 12.4. The lowest BCUT2D eigenvalue weighted by atomic mass is 9.98. The van der Waals surface area contributed by atoms with Crippen LogP contribution in [0.2, 0.25) is 0 Å². The fourth-order valence-electron chi connectivity index (χ4n) is 5.18. The maximum atomic E-state index is 13.0. The number of amides is 2. The van der Waals surface area contributed by atoms with Crippen molar-refractivity contribution in [2.75, 3.05) is 18.1 Å². The van der Waals surface area contributed by atoms with Crippen LogP contribution < -0.4 is 20.7 Å². The fourth-order valence-corrected chi connectivity index (χ4v) is 5.18. The van der Waals surface area contributed by atoms with Crippen molar-refractivity contribution in [1.82, 2.24) is 5.32 Å². The van der Waals surface area contributed by atoms with Crippen LogP contribution in [0.25, 0.3) is 21.9 Å². The second kappa shape index (κ2) is 10.9. The molecule has 0 aliphatic carbocycles. The van der Waals surface area contributed by atoms with Crippen molar-refractivity contribution >= 4 is 28.3 Å². The molecule has 6 heteroatoms. The summed E-state index contributed by atoms with van der Waals surface area (Å²) < 4.78 is 5.98. The fraction of sp³-hybridized carbons (Fsp3) is 0.118. The van der Waals surface area contributed by atoms with Gasteiger partial charge in [0, 0.05) is 24.2 Å². The Morgan fingerprint density at radius 3 is 2.38 bits per heavy atom. The molecule has 6 rings (SSSR count). The molecule has 1 heterocycles. The molecular weight excluding hydrogens is 498 g/mol. The number of hydrogen-bond acceptors (Lipinski definition) is 4. The van der Waals surface area contributed by atoms with E-state index >= 15 is 0 Å². The average Bonchev–Trinajstić information content (AvgIpc) is 3.00. The monoisotopic (exact) mass is 527 g/mol. The standard InChI is InChI=1S/C34H29N3O3/c35-33(38)26-13-11-25(12-14-26)30-8-4-3-7-29(30)22-37-17-18-40-32-20-28(15-16-31(32)37)34(39)36-21-23-9-10-24-5-1-2-6-27(24)19-23/h1-16,19-20H,17-18,21-22H2,(H2,35,38)(H,36,39). The van der Waals surface area contributed by atoms with E-state index in [0.717, 1.165) is 39.9 Å². The zero-order valence-electron chi connectivity index (χ0n) is 22.0. The summed E-state index contributed by atoms with van der Waals surface area (Å²) in [6, 6.07) is 35.6. The van der Waals surface area contributed by atoms with E-state index in [1.54, 1.807) is 12.1 Å². The Morgan fingerprint density at radius 1 is 0.800 bits per heavy atom. The molecule has 0 bridgehead atoms. The zero-order chi connectivity index (χ0) is 27.5. The van der Waals surface area contributed by atoms with Gasteiger partial charge in [0.2, 0.25) is 5.91 Å². The van der Waals surface area contributed by atoms with Crippen molar-refractivity contribution in [3.63, 3.8) is 0 Å². The third-order valence-corrected chi connectivity index (χ3v) is 7.31. The smallest absolute Gasteiger partial charge is 0.251 e. The third kappa shape index (κ3) is 5.24. The van der Waals surface area contributed by atoms with Gasteiger partial charge in [0.05, 0.1) is 12.2 Å². The maximum Gasteiger partial charge on any atom is 0.251 e. The Bertz CT molecular complexity index is 1710. The number of hydrogen-bond donors (Lipinski definition) is 2. The summed E-state index contributed by atoms with van der Waals surface area (Å²) in [5, 5.41) is 5.37. The maximum absolute atomic E-state index is 13.0. The average molecular weight is 528 g/mol. The number of primary amides is 1. The first-order valence-corrected chi connectivity index (χ1v) is 13.3. The van der Waals surface area contributed by atoms with Gasteiger partial charge < -0.3 is 20.7 Å². The van der Waals surface area contributed by atoms with Crippen LogP contribution in [0.3, 0.4) is 0 Å². The van der Waals surface area contributed by atoms with Gasteiger partial charge in [-0.05, 0) is 69.4 Å². The molecule has 1 aliphatic heterocycles.